The summed E-state index contributed by atoms with van der Waals surface area (Å²) in [5, 5.41) is 6.94. The number of amides is 2. The Balaban J connectivity index is 1.71. The van der Waals surface area contributed by atoms with E-state index in [0.717, 1.165) is 12.1 Å². The predicted molar refractivity (Wildman–Crippen MR) is 114 cm³/mol. The van der Waals surface area contributed by atoms with Gasteiger partial charge in [0.2, 0.25) is 0 Å². The molecule has 0 unspecified atom stereocenters. The fourth-order valence-corrected chi connectivity index (χ4v) is 2.72. The lowest BCUT2D eigenvalue weighted by Crippen LogP contribution is -2.21. The van der Waals surface area contributed by atoms with Crippen LogP contribution in [-0.2, 0) is 0 Å². The summed E-state index contributed by atoms with van der Waals surface area (Å²) in [6.07, 6.45) is -3.46. The van der Waals surface area contributed by atoms with Gasteiger partial charge in [0.05, 0.1) is 17.5 Å². The van der Waals surface area contributed by atoms with E-state index >= 15 is 0 Å². The molecule has 0 aliphatic carbocycles. The monoisotopic (exact) mass is 461 g/mol. The molecule has 0 heterocycles. The van der Waals surface area contributed by atoms with Crippen LogP contribution >= 0.6 is 11.6 Å². The number of carbonyl (C=O) groups is 2. The molecule has 0 aromatic heterocycles. The van der Waals surface area contributed by atoms with Crippen molar-refractivity contribution in [1.82, 2.24) is 5.43 Å². The molecule has 3 aromatic rings. The topological polar surface area (TPSA) is 79.8 Å². The van der Waals surface area contributed by atoms with Gasteiger partial charge in [-0.05, 0) is 48.0 Å². The van der Waals surface area contributed by atoms with Crippen molar-refractivity contribution < 1.29 is 27.5 Å². The minimum Gasteiger partial charge on any atom is -0.406 e. The largest absolute Gasteiger partial charge is 0.573 e. The number of alkyl halides is 3. The van der Waals surface area contributed by atoms with Gasteiger partial charge < -0.3 is 10.1 Å². The highest BCUT2D eigenvalue weighted by Crippen LogP contribution is 2.24. The summed E-state index contributed by atoms with van der Waals surface area (Å²) in [6, 6.07) is 17.5. The Morgan fingerprint density at radius 3 is 2.38 bits per heavy atom. The highest BCUT2D eigenvalue weighted by Gasteiger charge is 2.31. The first kappa shape index (κ1) is 22.8. The molecule has 2 amide bonds. The first-order valence-electron chi connectivity index (χ1n) is 9.06. The Morgan fingerprint density at radius 1 is 0.938 bits per heavy atom. The Bertz CT molecular complexity index is 1150. The number of hydrogen-bond acceptors (Lipinski definition) is 4. The van der Waals surface area contributed by atoms with Crippen molar-refractivity contribution in [2.75, 3.05) is 5.32 Å². The second kappa shape index (κ2) is 9.97. The van der Waals surface area contributed by atoms with Crippen LogP contribution in [0.1, 0.15) is 26.3 Å². The van der Waals surface area contributed by atoms with Crippen molar-refractivity contribution in [3.63, 3.8) is 0 Å². The minimum absolute atomic E-state index is 0.0808. The highest BCUT2D eigenvalue weighted by atomic mass is 35.5. The molecule has 0 radical (unpaired) electrons. The summed E-state index contributed by atoms with van der Waals surface area (Å²) in [4.78, 5) is 25.0. The van der Waals surface area contributed by atoms with Gasteiger partial charge in [0, 0.05) is 10.6 Å². The van der Waals surface area contributed by atoms with E-state index in [9.17, 15) is 22.8 Å². The number of rotatable bonds is 6. The number of nitrogens with one attached hydrogen (secondary N) is 2. The van der Waals surface area contributed by atoms with Crippen molar-refractivity contribution in [3.05, 3.63) is 94.5 Å². The van der Waals surface area contributed by atoms with Crippen LogP contribution in [-0.4, -0.2) is 24.4 Å². The van der Waals surface area contributed by atoms with Crippen LogP contribution in [0, 0.1) is 0 Å². The van der Waals surface area contributed by atoms with Gasteiger partial charge >= 0.3 is 6.36 Å². The van der Waals surface area contributed by atoms with Crippen molar-refractivity contribution in [2.24, 2.45) is 5.10 Å². The van der Waals surface area contributed by atoms with Crippen molar-refractivity contribution in [2.45, 2.75) is 6.36 Å². The van der Waals surface area contributed by atoms with E-state index in [1.54, 1.807) is 36.4 Å². The van der Waals surface area contributed by atoms with Crippen LogP contribution in [0.4, 0.5) is 18.9 Å². The van der Waals surface area contributed by atoms with E-state index in [1.807, 2.05) is 0 Å². The van der Waals surface area contributed by atoms with E-state index in [4.69, 9.17) is 11.6 Å². The third-order valence-electron chi connectivity index (χ3n) is 4.00. The number of carbonyl (C=O) groups excluding carboxylic acids is 2. The second-order valence-corrected chi connectivity index (χ2v) is 6.76. The summed E-state index contributed by atoms with van der Waals surface area (Å²) in [5.74, 6) is -1.85. The van der Waals surface area contributed by atoms with Crippen LogP contribution in [0.15, 0.2) is 77.9 Å². The first-order chi connectivity index (χ1) is 15.2. The Labute approximate surface area is 185 Å². The molecule has 164 valence electrons. The molecule has 32 heavy (non-hydrogen) atoms. The standard InChI is InChI=1S/C22H15ClF3N3O3/c23-16-10-8-14(9-11-16)13-27-29-21(31)18-6-1-2-7-19(18)28-20(30)15-4-3-5-17(12-15)32-22(24,25)26/h1-13H,(H,28,30)(H,29,31)/b27-13+. The molecule has 0 aliphatic rings. The number of nitrogens with zero attached hydrogens (tertiary/aromatic N) is 1. The number of benzene rings is 3. The van der Waals surface area contributed by atoms with Crippen molar-refractivity contribution >= 4 is 35.3 Å². The van der Waals surface area contributed by atoms with Gasteiger partial charge in [-0.3, -0.25) is 9.59 Å². The van der Waals surface area contributed by atoms with Gasteiger partial charge in [-0.25, -0.2) is 5.43 Å². The summed E-state index contributed by atoms with van der Waals surface area (Å²) in [5.41, 5.74) is 3.24. The van der Waals surface area contributed by atoms with Crippen molar-refractivity contribution in [1.29, 1.82) is 0 Å². The average Bonchev–Trinajstić information content (AvgIpc) is 2.74. The second-order valence-electron chi connectivity index (χ2n) is 6.33. The molecule has 0 atom stereocenters. The van der Waals surface area contributed by atoms with Crippen LogP contribution in [0.2, 0.25) is 5.02 Å². The average molecular weight is 462 g/mol. The molecule has 3 aromatic carbocycles. The Morgan fingerprint density at radius 2 is 1.66 bits per heavy atom. The lowest BCUT2D eigenvalue weighted by Gasteiger charge is -2.12. The quantitative estimate of drug-likeness (QED) is 0.388. The number of hydrogen-bond donors (Lipinski definition) is 2. The third kappa shape index (κ3) is 6.58. The maximum Gasteiger partial charge on any atom is 0.573 e. The summed E-state index contributed by atoms with van der Waals surface area (Å²) in [7, 11) is 0. The smallest absolute Gasteiger partial charge is 0.406 e. The van der Waals surface area contributed by atoms with Gasteiger partial charge in [-0.15, -0.1) is 13.2 Å². The Hall–Kier alpha value is -3.85. The molecule has 2 N–H and O–H groups in total. The molecule has 10 heteroatoms. The van der Waals surface area contributed by atoms with Crippen LogP contribution in [0.3, 0.4) is 0 Å². The third-order valence-corrected chi connectivity index (χ3v) is 4.25. The number of anilines is 1. The number of ether oxygens (including phenoxy) is 1. The van der Waals surface area contributed by atoms with Crippen LogP contribution < -0.4 is 15.5 Å². The zero-order valence-corrected chi connectivity index (χ0v) is 16.9. The zero-order valence-electron chi connectivity index (χ0n) is 16.2. The normalized spacial score (nSPS) is 11.2. The number of hydrazone groups is 1. The maximum atomic E-state index is 12.5. The number of para-hydroxylation sites is 1. The van der Waals surface area contributed by atoms with E-state index in [-0.39, 0.29) is 16.8 Å². The van der Waals surface area contributed by atoms with Gasteiger partial charge in [0.1, 0.15) is 5.75 Å². The molecule has 3 rings (SSSR count). The predicted octanol–water partition coefficient (Wildman–Crippen LogP) is 5.25. The summed E-state index contributed by atoms with van der Waals surface area (Å²) >= 11 is 5.81. The van der Waals surface area contributed by atoms with Gasteiger partial charge in [0.25, 0.3) is 11.8 Å². The minimum atomic E-state index is -4.88. The van der Waals surface area contributed by atoms with E-state index in [2.05, 4.69) is 20.6 Å². The molecular formula is C22H15ClF3N3O3. The molecule has 0 aliphatic heterocycles. The van der Waals surface area contributed by atoms with Gasteiger partial charge in [-0.1, -0.05) is 41.9 Å². The molecule has 6 nitrogen and oxygen atoms in total. The molecule has 0 fully saturated rings. The summed E-state index contributed by atoms with van der Waals surface area (Å²) < 4.78 is 41.0. The van der Waals surface area contributed by atoms with E-state index < -0.39 is 23.9 Å². The van der Waals surface area contributed by atoms with Crippen molar-refractivity contribution in [3.8, 4) is 5.75 Å². The van der Waals surface area contributed by atoms with Crippen LogP contribution in [0.25, 0.3) is 0 Å². The molecule has 0 spiro atoms. The SMILES string of the molecule is O=C(Nc1ccccc1C(=O)N/N=C/c1ccc(Cl)cc1)c1cccc(OC(F)(F)F)c1. The summed E-state index contributed by atoms with van der Waals surface area (Å²) in [6.45, 7) is 0. The van der Waals surface area contributed by atoms with Crippen LogP contribution in [0.5, 0.6) is 5.75 Å². The van der Waals surface area contributed by atoms with E-state index in [0.29, 0.717) is 10.6 Å². The first-order valence-corrected chi connectivity index (χ1v) is 9.44. The van der Waals surface area contributed by atoms with E-state index in [1.165, 1.54) is 30.5 Å². The van der Waals surface area contributed by atoms with Gasteiger partial charge in [0.15, 0.2) is 0 Å². The van der Waals surface area contributed by atoms with Gasteiger partial charge in [-0.2, -0.15) is 5.10 Å². The highest BCUT2D eigenvalue weighted by molar-refractivity contribution is 6.30. The lowest BCUT2D eigenvalue weighted by molar-refractivity contribution is -0.274. The Kier molecular flexibility index (Phi) is 7.11. The zero-order chi connectivity index (χ0) is 23.1. The fourth-order valence-electron chi connectivity index (χ4n) is 2.59. The molecular weight excluding hydrogens is 447 g/mol. The maximum absolute atomic E-state index is 12.5. The lowest BCUT2D eigenvalue weighted by atomic mass is 10.1. The number of halogens is 4. The molecule has 0 bridgehead atoms. The fraction of sp³-hybridized carbons (Fsp3) is 0.0455. The molecule has 0 saturated carbocycles. The molecule has 0 saturated heterocycles.